The van der Waals surface area contributed by atoms with Crippen molar-refractivity contribution in [2.75, 3.05) is 20.3 Å². The lowest BCUT2D eigenvalue weighted by Crippen LogP contribution is -2.46. The van der Waals surface area contributed by atoms with Gasteiger partial charge in [-0.2, -0.15) is 9.78 Å². The summed E-state index contributed by atoms with van der Waals surface area (Å²) < 4.78 is 25.8. The fraction of sp³-hybridized carbons (Fsp3) is 0.304. The van der Waals surface area contributed by atoms with Gasteiger partial charge in [0.05, 0.1) is 25.4 Å². The SMILES string of the molecule is COc1ccc(-n2nc(C(=O)NC[C@@H]3CCCO3)c(=O)n(Cc3ccc(F)cc3)c2=O)cc1. The highest BCUT2D eigenvalue weighted by atomic mass is 19.1. The third-order valence-electron chi connectivity index (χ3n) is 5.36. The summed E-state index contributed by atoms with van der Waals surface area (Å²) in [5.74, 6) is -0.572. The normalized spacial score (nSPS) is 15.4. The number of aromatic nitrogens is 3. The molecule has 0 saturated carbocycles. The van der Waals surface area contributed by atoms with Crippen molar-refractivity contribution < 1.29 is 18.7 Å². The van der Waals surface area contributed by atoms with Crippen molar-refractivity contribution in [2.45, 2.75) is 25.5 Å². The maximum atomic E-state index is 13.3. The first-order valence-corrected chi connectivity index (χ1v) is 10.5. The van der Waals surface area contributed by atoms with Gasteiger partial charge in [0.2, 0.25) is 5.69 Å². The molecule has 0 bridgehead atoms. The van der Waals surface area contributed by atoms with Gasteiger partial charge in [0.25, 0.3) is 11.5 Å². The summed E-state index contributed by atoms with van der Waals surface area (Å²) in [6.45, 7) is 0.716. The quantitative estimate of drug-likeness (QED) is 0.580. The summed E-state index contributed by atoms with van der Waals surface area (Å²) in [5.41, 5.74) is -1.12. The molecule has 4 rings (SSSR count). The Morgan fingerprint density at radius 1 is 1.18 bits per heavy atom. The van der Waals surface area contributed by atoms with Gasteiger partial charge >= 0.3 is 5.69 Å². The second kappa shape index (κ2) is 9.78. The molecule has 1 aliphatic heterocycles. The summed E-state index contributed by atoms with van der Waals surface area (Å²) >= 11 is 0. The molecule has 2 aromatic carbocycles. The van der Waals surface area contributed by atoms with Crippen LogP contribution in [0.5, 0.6) is 5.75 Å². The summed E-state index contributed by atoms with van der Waals surface area (Å²) in [5, 5.41) is 6.75. The minimum Gasteiger partial charge on any atom is -0.497 e. The number of carbonyl (C=O) groups excluding carboxylic acids is 1. The van der Waals surface area contributed by atoms with Gasteiger partial charge in [-0.1, -0.05) is 12.1 Å². The van der Waals surface area contributed by atoms with E-state index in [-0.39, 0.29) is 19.2 Å². The zero-order valence-electron chi connectivity index (χ0n) is 18.0. The Hall–Kier alpha value is -3.79. The molecule has 172 valence electrons. The first-order valence-electron chi connectivity index (χ1n) is 10.5. The van der Waals surface area contributed by atoms with Crippen molar-refractivity contribution in [2.24, 2.45) is 0 Å². The summed E-state index contributed by atoms with van der Waals surface area (Å²) in [6, 6.07) is 11.9. The molecule has 1 aromatic heterocycles. The first-order chi connectivity index (χ1) is 16.0. The molecule has 1 saturated heterocycles. The van der Waals surface area contributed by atoms with Gasteiger partial charge in [-0.3, -0.25) is 14.2 Å². The maximum absolute atomic E-state index is 13.3. The lowest BCUT2D eigenvalue weighted by atomic mass is 10.2. The topological polar surface area (TPSA) is 104 Å². The van der Waals surface area contributed by atoms with Crippen LogP contribution in [-0.2, 0) is 11.3 Å². The lowest BCUT2D eigenvalue weighted by Gasteiger charge is -2.14. The number of amides is 1. The minimum atomic E-state index is -0.834. The fourth-order valence-electron chi connectivity index (χ4n) is 3.56. The highest BCUT2D eigenvalue weighted by Gasteiger charge is 2.22. The average molecular weight is 454 g/mol. The highest BCUT2D eigenvalue weighted by Crippen LogP contribution is 2.13. The van der Waals surface area contributed by atoms with Crippen LogP contribution in [0.4, 0.5) is 4.39 Å². The van der Waals surface area contributed by atoms with Crippen molar-refractivity contribution in [1.82, 2.24) is 19.7 Å². The molecule has 0 spiro atoms. The number of hydrogen-bond acceptors (Lipinski definition) is 6. The number of nitrogens with one attached hydrogen (secondary N) is 1. The molecular weight excluding hydrogens is 431 g/mol. The molecule has 1 N–H and O–H groups in total. The second-order valence-corrected chi connectivity index (χ2v) is 7.60. The van der Waals surface area contributed by atoms with Gasteiger partial charge in [-0.15, -0.1) is 0 Å². The van der Waals surface area contributed by atoms with Crippen molar-refractivity contribution >= 4 is 5.91 Å². The van der Waals surface area contributed by atoms with Crippen LogP contribution in [0.25, 0.3) is 5.69 Å². The molecule has 0 unspecified atom stereocenters. The van der Waals surface area contributed by atoms with Crippen molar-refractivity contribution in [3.63, 3.8) is 0 Å². The number of rotatable bonds is 7. The van der Waals surface area contributed by atoms with Gasteiger partial charge in [0.1, 0.15) is 11.6 Å². The van der Waals surface area contributed by atoms with Crippen LogP contribution < -0.4 is 21.3 Å². The van der Waals surface area contributed by atoms with Crippen LogP contribution in [0.3, 0.4) is 0 Å². The van der Waals surface area contributed by atoms with Gasteiger partial charge in [0.15, 0.2) is 0 Å². The Labute approximate surface area is 188 Å². The Kier molecular flexibility index (Phi) is 6.64. The molecule has 1 atom stereocenters. The molecular formula is C23H23FN4O5. The molecule has 9 nitrogen and oxygen atoms in total. The van der Waals surface area contributed by atoms with E-state index in [1.165, 1.54) is 31.4 Å². The number of methoxy groups -OCH3 is 1. The number of ether oxygens (including phenoxy) is 2. The Balaban J connectivity index is 1.75. The minimum absolute atomic E-state index is 0.122. The molecule has 1 fully saturated rings. The standard InChI is InChI=1S/C23H23FN4O5/c1-32-18-10-8-17(9-11-18)28-23(31)27(14-15-4-6-16(24)7-5-15)22(30)20(26-28)21(29)25-13-19-3-2-12-33-19/h4-11,19H,2-3,12-14H2,1H3,(H,25,29)/t19-/m0/s1. The lowest BCUT2D eigenvalue weighted by molar-refractivity contribution is 0.0849. The molecule has 1 amide bonds. The smallest absolute Gasteiger partial charge is 0.352 e. The van der Waals surface area contributed by atoms with Gasteiger partial charge in [0, 0.05) is 13.2 Å². The van der Waals surface area contributed by atoms with Gasteiger partial charge in [-0.25, -0.2) is 9.18 Å². The molecule has 0 aliphatic carbocycles. The number of halogens is 1. The van der Waals surface area contributed by atoms with Crippen LogP contribution in [-0.4, -0.2) is 46.6 Å². The Morgan fingerprint density at radius 2 is 1.91 bits per heavy atom. The third-order valence-corrected chi connectivity index (χ3v) is 5.36. The van der Waals surface area contributed by atoms with E-state index >= 15 is 0 Å². The van der Waals surface area contributed by atoms with Crippen LogP contribution in [0.1, 0.15) is 28.9 Å². The molecule has 10 heteroatoms. The Morgan fingerprint density at radius 3 is 2.55 bits per heavy atom. The summed E-state index contributed by atoms with van der Waals surface area (Å²) in [6.07, 6.45) is 1.60. The van der Waals surface area contributed by atoms with Gasteiger partial charge < -0.3 is 14.8 Å². The zero-order chi connectivity index (χ0) is 23.4. The predicted octanol–water partition coefficient (Wildman–Crippen LogP) is 1.50. The summed E-state index contributed by atoms with van der Waals surface area (Å²) in [4.78, 5) is 39.1. The van der Waals surface area contributed by atoms with E-state index in [1.807, 2.05) is 0 Å². The van der Waals surface area contributed by atoms with Crippen molar-refractivity contribution in [3.05, 3.63) is 86.4 Å². The van der Waals surface area contributed by atoms with Gasteiger partial charge in [-0.05, 0) is 54.8 Å². The van der Waals surface area contributed by atoms with E-state index in [9.17, 15) is 18.8 Å². The number of benzene rings is 2. The highest BCUT2D eigenvalue weighted by molar-refractivity contribution is 5.91. The maximum Gasteiger partial charge on any atom is 0.352 e. The molecule has 1 aliphatic rings. The van der Waals surface area contributed by atoms with Crippen molar-refractivity contribution in [1.29, 1.82) is 0 Å². The third kappa shape index (κ3) is 5.01. The monoisotopic (exact) mass is 454 g/mol. The molecule has 2 heterocycles. The van der Waals surface area contributed by atoms with Crippen LogP contribution in [0.2, 0.25) is 0 Å². The zero-order valence-corrected chi connectivity index (χ0v) is 18.0. The molecule has 33 heavy (non-hydrogen) atoms. The number of hydrogen-bond donors (Lipinski definition) is 1. The fourth-order valence-corrected chi connectivity index (χ4v) is 3.56. The molecule has 0 radical (unpaired) electrons. The van der Waals surface area contributed by atoms with Crippen LogP contribution in [0, 0.1) is 5.82 Å². The average Bonchev–Trinajstić information content (AvgIpc) is 3.35. The van der Waals surface area contributed by atoms with E-state index in [2.05, 4.69) is 10.4 Å². The van der Waals surface area contributed by atoms with E-state index in [4.69, 9.17) is 9.47 Å². The Bertz CT molecular complexity index is 1250. The van der Waals surface area contributed by atoms with Crippen LogP contribution in [0.15, 0.2) is 58.1 Å². The largest absolute Gasteiger partial charge is 0.497 e. The number of carbonyl (C=O) groups is 1. The van der Waals surface area contributed by atoms with E-state index < -0.39 is 28.7 Å². The van der Waals surface area contributed by atoms with Crippen LogP contribution >= 0.6 is 0 Å². The predicted molar refractivity (Wildman–Crippen MR) is 117 cm³/mol. The first kappa shape index (κ1) is 22.4. The molecule has 3 aromatic rings. The van der Waals surface area contributed by atoms with E-state index in [0.29, 0.717) is 23.6 Å². The van der Waals surface area contributed by atoms with E-state index in [1.54, 1.807) is 24.3 Å². The summed E-state index contributed by atoms with van der Waals surface area (Å²) in [7, 11) is 1.51. The number of nitrogens with zero attached hydrogens (tertiary/aromatic N) is 3. The van der Waals surface area contributed by atoms with Crippen molar-refractivity contribution in [3.8, 4) is 11.4 Å². The second-order valence-electron chi connectivity index (χ2n) is 7.60. The van der Waals surface area contributed by atoms with E-state index in [0.717, 1.165) is 22.1 Å².